The highest BCUT2D eigenvalue weighted by Gasteiger charge is 2.22. The van der Waals surface area contributed by atoms with Gasteiger partial charge in [-0.05, 0) is 18.1 Å². The molecule has 0 amide bonds. The quantitative estimate of drug-likeness (QED) is 0.785. The molecule has 15 heavy (non-hydrogen) atoms. The average molecular weight is 224 g/mol. The zero-order valence-corrected chi connectivity index (χ0v) is 9.38. The summed E-state index contributed by atoms with van der Waals surface area (Å²) in [5, 5.41) is 0. The maximum Gasteiger partial charge on any atom is 0.262 e. The van der Waals surface area contributed by atoms with Gasteiger partial charge in [0.15, 0.2) is 0 Å². The molecule has 0 saturated carbocycles. The number of aromatic nitrogens is 1. The van der Waals surface area contributed by atoms with Crippen LogP contribution >= 0.6 is 0 Å². The van der Waals surface area contributed by atoms with E-state index >= 15 is 0 Å². The highest BCUT2D eigenvalue weighted by molar-refractivity contribution is 7.89. The molecule has 1 aromatic rings. The lowest BCUT2D eigenvalue weighted by Crippen LogP contribution is -2.22. The Kier molecular flexibility index (Phi) is 2.26. The molecule has 4 nitrogen and oxygen atoms in total. The minimum Gasteiger partial charge on any atom is -0.286 e. The second-order valence-electron chi connectivity index (χ2n) is 3.72. The summed E-state index contributed by atoms with van der Waals surface area (Å²) in [5.74, 6) is 0.206. The maximum absolute atomic E-state index is 11.7. The van der Waals surface area contributed by atoms with E-state index in [9.17, 15) is 8.42 Å². The van der Waals surface area contributed by atoms with Gasteiger partial charge in [-0.1, -0.05) is 13.8 Å². The lowest BCUT2D eigenvalue weighted by molar-refractivity contribution is 0.589. The summed E-state index contributed by atoms with van der Waals surface area (Å²) in [7, 11) is -3.37. The van der Waals surface area contributed by atoms with E-state index in [-0.39, 0.29) is 5.92 Å². The fraction of sp³-hybridized carbons (Fsp3) is 0.300. The van der Waals surface area contributed by atoms with Gasteiger partial charge in [0.05, 0.1) is 10.6 Å². The van der Waals surface area contributed by atoms with E-state index < -0.39 is 10.0 Å². The van der Waals surface area contributed by atoms with Gasteiger partial charge in [-0.3, -0.25) is 9.71 Å². The predicted octanol–water partition coefficient (Wildman–Crippen LogP) is 1.47. The second-order valence-corrected chi connectivity index (χ2v) is 5.40. The number of nitrogens with zero attached hydrogens (tertiary/aromatic N) is 1. The molecule has 0 spiro atoms. The van der Waals surface area contributed by atoms with E-state index in [0.29, 0.717) is 10.5 Å². The highest BCUT2D eigenvalue weighted by Crippen LogP contribution is 2.26. The van der Waals surface area contributed by atoms with Gasteiger partial charge in [-0.15, -0.1) is 0 Å². The van der Waals surface area contributed by atoms with Crippen LogP contribution in [0.5, 0.6) is 0 Å². The number of pyridine rings is 1. The largest absolute Gasteiger partial charge is 0.286 e. The molecule has 1 N–H and O–H groups in total. The van der Waals surface area contributed by atoms with Gasteiger partial charge in [0.25, 0.3) is 10.0 Å². The Morgan fingerprint density at radius 2 is 2.13 bits per heavy atom. The van der Waals surface area contributed by atoms with Crippen molar-refractivity contribution in [2.75, 3.05) is 0 Å². The van der Waals surface area contributed by atoms with Crippen LogP contribution in [0.1, 0.15) is 31.0 Å². The van der Waals surface area contributed by atoms with E-state index in [1.165, 1.54) is 18.5 Å². The summed E-state index contributed by atoms with van der Waals surface area (Å²) >= 11 is 0. The Morgan fingerprint density at radius 3 is 2.80 bits per heavy atom. The number of hydrogen-bond donors (Lipinski definition) is 1. The van der Waals surface area contributed by atoms with Gasteiger partial charge >= 0.3 is 0 Å². The van der Waals surface area contributed by atoms with Gasteiger partial charge in [0.1, 0.15) is 0 Å². The summed E-state index contributed by atoms with van der Waals surface area (Å²) in [6.45, 7) is 3.98. The topological polar surface area (TPSA) is 59.1 Å². The Hall–Kier alpha value is -1.36. The van der Waals surface area contributed by atoms with Crippen LogP contribution in [0.4, 0.5) is 0 Å². The Morgan fingerprint density at radius 1 is 1.40 bits per heavy atom. The van der Waals surface area contributed by atoms with E-state index in [0.717, 1.165) is 5.69 Å². The smallest absolute Gasteiger partial charge is 0.262 e. The first-order valence-electron chi connectivity index (χ1n) is 4.70. The third kappa shape index (κ3) is 1.63. The second kappa shape index (κ2) is 3.34. The van der Waals surface area contributed by atoms with Gasteiger partial charge in [0.2, 0.25) is 0 Å². The van der Waals surface area contributed by atoms with Gasteiger partial charge in [-0.25, -0.2) is 8.42 Å². The third-order valence-electron chi connectivity index (χ3n) is 2.29. The molecule has 5 heteroatoms. The molecule has 0 fully saturated rings. The molecule has 2 rings (SSSR count). The normalized spacial score (nSPS) is 17.3. The van der Waals surface area contributed by atoms with Crippen molar-refractivity contribution in [3.05, 3.63) is 29.7 Å². The molecule has 0 unspecified atom stereocenters. The summed E-state index contributed by atoms with van der Waals surface area (Å²) in [5.41, 5.74) is 1.51. The third-order valence-corrected chi connectivity index (χ3v) is 3.67. The van der Waals surface area contributed by atoms with Crippen molar-refractivity contribution in [2.24, 2.45) is 0 Å². The number of hydrogen-bond acceptors (Lipinski definition) is 3. The summed E-state index contributed by atoms with van der Waals surface area (Å²) in [6, 6.07) is 1.52. The van der Waals surface area contributed by atoms with E-state index in [4.69, 9.17) is 0 Å². The van der Waals surface area contributed by atoms with Crippen LogP contribution in [0.15, 0.2) is 23.4 Å². The van der Waals surface area contributed by atoms with Crippen LogP contribution in [0.2, 0.25) is 0 Å². The monoisotopic (exact) mass is 224 g/mol. The first-order chi connectivity index (χ1) is 7.02. The average Bonchev–Trinajstić information content (AvgIpc) is 2.16. The Balaban J connectivity index is 2.74. The van der Waals surface area contributed by atoms with E-state index in [2.05, 4.69) is 9.71 Å². The van der Waals surface area contributed by atoms with Crippen molar-refractivity contribution in [1.29, 1.82) is 0 Å². The molecule has 0 atom stereocenters. The van der Waals surface area contributed by atoms with Crippen LogP contribution in [0, 0.1) is 0 Å². The maximum atomic E-state index is 11.7. The molecule has 0 aliphatic carbocycles. The van der Waals surface area contributed by atoms with E-state index in [1.807, 2.05) is 13.8 Å². The minimum absolute atomic E-state index is 0.206. The molecule has 1 aromatic heterocycles. The minimum atomic E-state index is -3.37. The number of sulfonamides is 1. The SMILES string of the molecule is CC(C)c1nccc2c1C=CNS2(=O)=O. The molecule has 2 heterocycles. The van der Waals surface area contributed by atoms with Gasteiger partial charge < -0.3 is 0 Å². The standard InChI is InChI=1S/C10H12N2O2S/c1-7(2)10-8-3-6-12-15(13,14)9(8)4-5-11-10/h3-7,12H,1-2H3. The first-order valence-corrected chi connectivity index (χ1v) is 6.18. The summed E-state index contributed by atoms with van der Waals surface area (Å²) < 4.78 is 25.7. The van der Waals surface area contributed by atoms with Crippen molar-refractivity contribution < 1.29 is 8.42 Å². The molecule has 1 aliphatic heterocycles. The van der Waals surface area contributed by atoms with Crippen molar-refractivity contribution in [3.63, 3.8) is 0 Å². The zero-order valence-electron chi connectivity index (χ0n) is 8.56. The zero-order chi connectivity index (χ0) is 11.1. The summed E-state index contributed by atoms with van der Waals surface area (Å²) in [4.78, 5) is 4.52. The van der Waals surface area contributed by atoms with Crippen LogP contribution in [-0.4, -0.2) is 13.4 Å². The Bertz CT molecular complexity index is 518. The van der Waals surface area contributed by atoms with E-state index in [1.54, 1.807) is 6.08 Å². The Labute approximate surface area is 89.1 Å². The fourth-order valence-corrected chi connectivity index (χ4v) is 2.68. The molecule has 0 radical (unpaired) electrons. The predicted molar refractivity (Wildman–Crippen MR) is 57.7 cm³/mol. The first kappa shape index (κ1) is 10.2. The van der Waals surface area contributed by atoms with Crippen molar-refractivity contribution >= 4 is 16.1 Å². The van der Waals surface area contributed by atoms with Crippen LogP contribution in [0.25, 0.3) is 6.08 Å². The molecule has 0 aromatic carbocycles. The van der Waals surface area contributed by atoms with Crippen LogP contribution in [-0.2, 0) is 10.0 Å². The molecule has 80 valence electrons. The van der Waals surface area contributed by atoms with Crippen LogP contribution in [0.3, 0.4) is 0 Å². The highest BCUT2D eigenvalue weighted by atomic mass is 32.2. The number of fused-ring (bicyclic) bond motifs is 1. The molecular weight excluding hydrogens is 212 g/mol. The number of nitrogens with one attached hydrogen (secondary N) is 1. The van der Waals surface area contributed by atoms with Crippen LogP contribution < -0.4 is 4.72 Å². The molecule has 0 bridgehead atoms. The molecular formula is C10H12N2O2S. The molecule has 0 saturated heterocycles. The fourth-order valence-electron chi connectivity index (χ4n) is 1.60. The molecule has 1 aliphatic rings. The van der Waals surface area contributed by atoms with Crippen molar-refractivity contribution in [2.45, 2.75) is 24.7 Å². The van der Waals surface area contributed by atoms with Gasteiger partial charge in [-0.2, -0.15) is 0 Å². The lowest BCUT2D eigenvalue weighted by Gasteiger charge is -2.16. The lowest BCUT2D eigenvalue weighted by atomic mass is 10.0. The number of rotatable bonds is 1. The van der Waals surface area contributed by atoms with Crippen molar-refractivity contribution in [1.82, 2.24) is 9.71 Å². The summed E-state index contributed by atoms with van der Waals surface area (Å²) in [6.07, 6.45) is 4.72. The van der Waals surface area contributed by atoms with Gasteiger partial charge in [0, 0.05) is 18.0 Å². The van der Waals surface area contributed by atoms with Crippen molar-refractivity contribution in [3.8, 4) is 0 Å².